The highest BCUT2D eigenvalue weighted by molar-refractivity contribution is 5.97. The van der Waals surface area contributed by atoms with Gasteiger partial charge >= 0.3 is 6.03 Å². The molecule has 4 rings (SSSR count). The Morgan fingerprint density at radius 1 is 1.16 bits per heavy atom. The summed E-state index contributed by atoms with van der Waals surface area (Å²) in [6, 6.07) is 9.66. The molecule has 1 aliphatic rings. The number of aryl methyl sites for hydroxylation is 1. The molecule has 8 nitrogen and oxygen atoms in total. The van der Waals surface area contributed by atoms with Crippen LogP contribution in [0.25, 0.3) is 11.0 Å². The molecule has 1 fully saturated rings. The van der Waals surface area contributed by atoms with Gasteiger partial charge in [0.1, 0.15) is 11.3 Å². The molecule has 0 bridgehead atoms. The van der Waals surface area contributed by atoms with Gasteiger partial charge in [-0.25, -0.2) is 13.9 Å². The first-order chi connectivity index (χ1) is 15.0. The Balaban J connectivity index is 1.31. The minimum absolute atomic E-state index is 0.0887. The van der Waals surface area contributed by atoms with Gasteiger partial charge in [-0.05, 0) is 55.7 Å². The number of rotatable bonds is 6. The van der Waals surface area contributed by atoms with E-state index >= 15 is 0 Å². The van der Waals surface area contributed by atoms with Crippen LogP contribution in [0, 0.1) is 12.7 Å². The smallest absolute Gasteiger partial charge is 0.319 e. The van der Waals surface area contributed by atoms with Gasteiger partial charge in [-0.3, -0.25) is 4.79 Å². The lowest BCUT2D eigenvalue weighted by atomic mass is 10.1. The highest BCUT2D eigenvalue weighted by Gasteiger charge is 2.18. The SMILES string of the molecule is Cc1ccc(NC(=O)NCCn2nnc3cc(C(=O)NC4CCCC4)ccc32)cc1F. The number of anilines is 1. The standard InChI is InChI=1S/C22H25FN6O2/c1-14-6-8-17(13-18(14)23)26-22(31)24-10-11-29-20-9-7-15(12-19(20)27-28-29)21(30)25-16-4-2-3-5-16/h6-9,12-13,16H,2-5,10-11H2,1H3,(H,25,30)(H2,24,26,31). The summed E-state index contributed by atoms with van der Waals surface area (Å²) in [5, 5.41) is 16.6. The van der Waals surface area contributed by atoms with Gasteiger partial charge in [0.25, 0.3) is 5.91 Å². The Hall–Kier alpha value is -3.49. The molecule has 1 saturated carbocycles. The van der Waals surface area contributed by atoms with E-state index in [4.69, 9.17) is 0 Å². The van der Waals surface area contributed by atoms with Crippen molar-refractivity contribution in [2.75, 3.05) is 11.9 Å². The predicted octanol–water partition coefficient (Wildman–Crippen LogP) is 3.37. The van der Waals surface area contributed by atoms with Crippen molar-refractivity contribution in [3.05, 3.63) is 53.3 Å². The van der Waals surface area contributed by atoms with Crippen molar-refractivity contribution in [1.29, 1.82) is 0 Å². The van der Waals surface area contributed by atoms with Crippen molar-refractivity contribution in [3.63, 3.8) is 0 Å². The maximum absolute atomic E-state index is 13.6. The topological polar surface area (TPSA) is 101 Å². The van der Waals surface area contributed by atoms with Gasteiger partial charge in [0.15, 0.2) is 0 Å². The van der Waals surface area contributed by atoms with Gasteiger partial charge < -0.3 is 16.0 Å². The van der Waals surface area contributed by atoms with Gasteiger partial charge in [-0.15, -0.1) is 5.10 Å². The molecule has 2 aromatic carbocycles. The Morgan fingerprint density at radius 2 is 1.97 bits per heavy atom. The number of carbonyl (C=O) groups excluding carboxylic acids is 2. The van der Waals surface area contributed by atoms with E-state index in [-0.39, 0.29) is 17.8 Å². The summed E-state index contributed by atoms with van der Waals surface area (Å²) in [7, 11) is 0. The first kappa shape index (κ1) is 20.8. The lowest BCUT2D eigenvalue weighted by molar-refractivity contribution is 0.0938. The van der Waals surface area contributed by atoms with Crippen molar-refractivity contribution < 1.29 is 14.0 Å². The van der Waals surface area contributed by atoms with E-state index in [0.29, 0.717) is 35.4 Å². The van der Waals surface area contributed by atoms with Crippen LogP contribution < -0.4 is 16.0 Å². The number of benzene rings is 2. The van der Waals surface area contributed by atoms with Gasteiger partial charge in [-0.2, -0.15) is 0 Å². The van der Waals surface area contributed by atoms with Crippen LogP contribution in [-0.2, 0) is 6.54 Å². The van der Waals surface area contributed by atoms with Crippen molar-refractivity contribution >= 4 is 28.7 Å². The zero-order valence-electron chi connectivity index (χ0n) is 17.3. The molecule has 0 saturated heterocycles. The van der Waals surface area contributed by atoms with Crippen molar-refractivity contribution in [3.8, 4) is 0 Å². The maximum Gasteiger partial charge on any atom is 0.319 e. The summed E-state index contributed by atoms with van der Waals surface area (Å²) in [5.41, 5.74) is 2.87. The molecule has 3 N–H and O–H groups in total. The van der Waals surface area contributed by atoms with E-state index in [1.165, 1.54) is 6.07 Å². The van der Waals surface area contributed by atoms with Gasteiger partial charge in [0.05, 0.1) is 12.1 Å². The number of aromatic nitrogens is 3. The van der Waals surface area contributed by atoms with Crippen LogP contribution in [0.5, 0.6) is 0 Å². The van der Waals surface area contributed by atoms with Crippen LogP contribution in [0.3, 0.4) is 0 Å². The number of nitrogens with one attached hydrogen (secondary N) is 3. The fraction of sp³-hybridized carbons (Fsp3) is 0.364. The molecule has 3 aromatic rings. The van der Waals surface area contributed by atoms with E-state index in [2.05, 4.69) is 26.3 Å². The normalized spacial score (nSPS) is 14.0. The van der Waals surface area contributed by atoms with Crippen LogP contribution in [0.4, 0.5) is 14.9 Å². The third-order valence-electron chi connectivity index (χ3n) is 5.51. The summed E-state index contributed by atoms with van der Waals surface area (Å²) in [6.45, 7) is 2.37. The van der Waals surface area contributed by atoms with E-state index in [0.717, 1.165) is 31.2 Å². The van der Waals surface area contributed by atoms with E-state index < -0.39 is 6.03 Å². The van der Waals surface area contributed by atoms with Crippen LogP contribution in [0.2, 0.25) is 0 Å². The lowest BCUT2D eigenvalue weighted by Gasteiger charge is -2.11. The molecule has 0 spiro atoms. The molecule has 0 aliphatic heterocycles. The Kier molecular flexibility index (Phi) is 6.11. The zero-order chi connectivity index (χ0) is 21.8. The lowest BCUT2D eigenvalue weighted by Crippen LogP contribution is -2.32. The molecule has 3 amide bonds. The molecule has 1 aromatic heterocycles. The molecule has 0 atom stereocenters. The molecular weight excluding hydrogens is 399 g/mol. The fourth-order valence-corrected chi connectivity index (χ4v) is 3.74. The van der Waals surface area contributed by atoms with Gasteiger partial charge in [0.2, 0.25) is 0 Å². The molecule has 1 aliphatic carbocycles. The quantitative estimate of drug-likeness (QED) is 0.565. The van der Waals surface area contributed by atoms with Crippen LogP contribution in [0.15, 0.2) is 36.4 Å². The first-order valence-electron chi connectivity index (χ1n) is 10.4. The second-order valence-electron chi connectivity index (χ2n) is 7.82. The molecule has 31 heavy (non-hydrogen) atoms. The first-order valence-corrected chi connectivity index (χ1v) is 10.4. The number of urea groups is 1. The summed E-state index contributed by atoms with van der Waals surface area (Å²) in [5.74, 6) is -0.461. The number of hydrogen-bond donors (Lipinski definition) is 3. The monoisotopic (exact) mass is 424 g/mol. The number of carbonyl (C=O) groups is 2. The van der Waals surface area contributed by atoms with E-state index in [1.807, 2.05) is 6.07 Å². The number of nitrogens with zero attached hydrogens (tertiary/aromatic N) is 3. The summed E-state index contributed by atoms with van der Waals surface area (Å²) in [4.78, 5) is 24.5. The zero-order valence-corrected chi connectivity index (χ0v) is 17.3. The minimum Gasteiger partial charge on any atom is -0.349 e. The molecule has 1 heterocycles. The second kappa shape index (κ2) is 9.11. The number of hydrogen-bond acceptors (Lipinski definition) is 4. The Bertz CT molecular complexity index is 1110. The van der Waals surface area contributed by atoms with Crippen LogP contribution >= 0.6 is 0 Å². The van der Waals surface area contributed by atoms with Crippen LogP contribution in [-0.4, -0.2) is 39.5 Å². The molecule has 0 unspecified atom stereocenters. The van der Waals surface area contributed by atoms with Crippen molar-refractivity contribution in [2.24, 2.45) is 0 Å². The van der Waals surface area contributed by atoms with Crippen molar-refractivity contribution in [2.45, 2.75) is 45.2 Å². The largest absolute Gasteiger partial charge is 0.349 e. The Labute approximate surface area is 179 Å². The third kappa shape index (κ3) is 4.99. The maximum atomic E-state index is 13.6. The summed E-state index contributed by atoms with van der Waals surface area (Å²) in [6.07, 6.45) is 4.38. The van der Waals surface area contributed by atoms with E-state index in [1.54, 1.807) is 35.9 Å². The summed E-state index contributed by atoms with van der Waals surface area (Å²) < 4.78 is 15.2. The fourth-order valence-electron chi connectivity index (χ4n) is 3.74. The highest BCUT2D eigenvalue weighted by Crippen LogP contribution is 2.19. The molecule has 9 heteroatoms. The Morgan fingerprint density at radius 3 is 2.74 bits per heavy atom. The third-order valence-corrected chi connectivity index (χ3v) is 5.51. The number of fused-ring (bicyclic) bond motifs is 1. The minimum atomic E-state index is -0.432. The van der Waals surface area contributed by atoms with E-state index in [9.17, 15) is 14.0 Å². The number of halogens is 1. The second-order valence-corrected chi connectivity index (χ2v) is 7.82. The molecule has 162 valence electrons. The number of amides is 3. The average Bonchev–Trinajstić information content (AvgIpc) is 3.40. The van der Waals surface area contributed by atoms with Crippen LogP contribution in [0.1, 0.15) is 41.6 Å². The highest BCUT2D eigenvalue weighted by atomic mass is 19.1. The summed E-state index contributed by atoms with van der Waals surface area (Å²) >= 11 is 0. The van der Waals surface area contributed by atoms with Gasteiger partial charge in [-0.1, -0.05) is 24.1 Å². The molecule has 0 radical (unpaired) electrons. The van der Waals surface area contributed by atoms with Crippen molar-refractivity contribution in [1.82, 2.24) is 25.6 Å². The van der Waals surface area contributed by atoms with Gasteiger partial charge in [0, 0.05) is 23.8 Å². The predicted molar refractivity (Wildman–Crippen MR) is 115 cm³/mol. The average molecular weight is 424 g/mol. The molecular formula is C22H25FN6O2.